The minimum Gasteiger partial charge on any atom is -0.378 e. The van der Waals surface area contributed by atoms with Crippen LogP contribution in [0, 0.1) is 0 Å². The molecule has 0 aliphatic carbocycles. The second-order valence-electron chi connectivity index (χ2n) is 3.12. The number of hydrogen-bond donors (Lipinski definition) is 0. The molecule has 78 valence electrons. The van der Waals surface area contributed by atoms with Crippen LogP contribution in [0.3, 0.4) is 0 Å². The fourth-order valence-corrected chi connectivity index (χ4v) is 1.79. The average Bonchev–Trinajstić information content (AvgIpc) is 2.63. The lowest BCUT2D eigenvalue weighted by molar-refractivity contribution is 0.178. The van der Waals surface area contributed by atoms with Crippen LogP contribution in [0.4, 0.5) is 0 Å². The summed E-state index contributed by atoms with van der Waals surface area (Å²) in [5.41, 5.74) is 2.05. The van der Waals surface area contributed by atoms with Crippen molar-refractivity contribution in [3.05, 3.63) is 46.7 Å². The van der Waals surface area contributed by atoms with Crippen LogP contribution >= 0.6 is 15.9 Å². The molecule has 0 fully saturated rings. The fraction of sp³-hybridized carbons (Fsp3) is 0.182. The van der Waals surface area contributed by atoms with Gasteiger partial charge in [0.1, 0.15) is 0 Å². The van der Waals surface area contributed by atoms with Crippen LogP contribution < -0.4 is 0 Å². The molecule has 0 spiro atoms. The quantitative estimate of drug-likeness (QED) is 0.855. The van der Waals surface area contributed by atoms with Gasteiger partial charge in [0.15, 0.2) is 0 Å². The van der Waals surface area contributed by atoms with E-state index in [9.17, 15) is 0 Å². The molecule has 1 aromatic heterocycles. The summed E-state index contributed by atoms with van der Waals surface area (Å²) in [6, 6.07) is 9.98. The van der Waals surface area contributed by atoms with Crippen molar-refractivity contribution in [2.45, 2.75) is 6.61 Å². The van der Waals surface area contributed by atoms with E-state index in [1.807, 2.05) is 35.0 Å². The van der Waals surface area contributed by atoms with E-state index in [1.165, 1.54) is 0 Å². The summed E-state index contributed by atoms with van der Waals surface area (Å²) in [6.45, 7) is 0.537. The standard InChI is InChI=1S/C11H11BrN2O/c1-15-8-11-10(12)7-13-14(11)9-5-3-2-4-6-9/h2-7H,8H2,1H3. The third-order valence-electron chi connectivity index (χ3n) is 2.10. The molecule has 0 aliphatic rings. The van der Waals surface area contributed by atoms with E-state index in [0.717, 1.165) is 15.9 Å². The van der Waals surface area contributed by atoms with Gasteiger partial charge >= 0.3 is 0 Å². The van der Waals surface area contributed by atoms with E-state index in [1.54, 1.807) is 13.3 Å². The summed E-state index contributed by atoms with van der Waals surface area (Å²) in [7, 11) is 1.68. The molecule has 4 heteroatoms. The summed E-state index contributed by atoms with van der Waals surface area (Å²) in [4.78, 5) is 0. The zero-order valence-electron chi connectivity index (χ0n) is 8.35. The predicted molar refractivity (Wildman–Crippen MR) is 62.0 cm³/mol. The Hall–Kier alpha value is -1.13. The van der Waals surface area contributed by atoms with Crippen molar-refractivity contribution in [1.29, 1.82) is 0 Å². The molecule has 0 aliphatic heterocycles. The number of methoxy groups -OCH3 is 1. The van der Waals surface area contributed by atoms with Crippen molar-refractivity contribution in [1.82, 2.24) is 9.78 Å². The van der Waals surface area contributed by atoms with Gasteiger partial charge in [0.05, 0.1) is 28.7 Å². The van der Waals surface area contributed by atoms with Crippen molar-refractivity contribution >= 4 is 15.9 Å². The predicted octanol–water partition coefficient (Wildman–Crippen LogP) is 2.78. The number of benzene rings is 1. The molecular formula is C11H11BrN2O. The van der Waals surface area contributed by atoms with Gasteiger partial charge in [-0.1, -0.05) is 18.2 Å². The lowest BCUT2D eigenvalue weighted by Crippen LogP contribution is -2.03. The normalized spacial score (nSPS) is 10.5. The number of ether oxygens (including phenoxy) is 1. The molecule has 2 aromatic rings. The summed E-state index contributed by atoms with van der Waals surface area (Å²) < 4.78 is 7.97. The first kappa shape index (κ1) is 10.4. The highest BCUT2D eigenvalue weighted by Gasteiger charge is 2.09. The third-order valence-corrected chi connectivity index (χ3v) is 2.76. The van der Waals surface area contributed by atoms with Crippen molar-refractivity contribution in [3.8, 4) is 5.69 Å². The van der Waals surface area contributed by atoms with Gasteiger partial charge in [0.2, 0.25) is 0 Å². The molecule has 0 saturated heterocycles. The van der Waals surface area contributed by atoms with Crippen molar-refractivity contribution in [2.75, 3.05) is 7.11 Å². The Labute approximate surface area is 96.8 Å². The number of aromatic nitrogens is 2. The van der Waals surface area contributed by atoms with E-state index in [2.05, 4.69) is 21.0 Å². The Morgan fingerprint density at radius 1 is 1.33 bits per heavy atom. The number of nitrogens with zero attached hydrogens (tertiary/aromatic N) is 2. The maximum Gasteiger partial charge on any atom is 0.0897 e. The van der Waals surface area contributed by atoms with Crippen molar-refractivity contribution in [3.63, 3.8) is 0 Å². The Morgan fingerprint density at radius 2 is 2.07 bits per heavy atom. The first-order valence-corrected chi connectivity index (χ1v) is 5.39. The van der Waals surface area contributed by atoms with E-state index in [-0.39, 0.29) is 0 Å². The van der Waals surface area contributed by atoms with E-state index in [0.29, 0.717) is 6.61 Å². The van der Waals surface area contributed by atoms with Crippen LogP contribution in [0.5, 0.6) is 0 Å². The summed E-state index contributed by atoms with van der Waals surface area (Å²) in [5, 5.41) is 4.29. The zero-order chi connectivity index (χ0) is 10.7. The molecule has 0 N–H and O–H groups in total. The van der Waals surface area contributed by atoms with Gasteiger partial charge in [-0.05, 0) is 28.1 Å². The topological polar surface area (TPSA) is 27.1 Å². The van der Waals surface area contributed by atoms with Crippen molar-refractivity contribution < 1.29 is 4.74 Å². The summed E-state index contributed by atoms with van der Waals surface area (Å²) in [6.07, 6.45) is 1.78. The van der Waals surface area contributed by atoms with Gasteiger partial charge in [-0.3, -0.25) is 0 Å². The van der Waals surface area contributed by atoms with Crippen molar-refractivity contribution in [2.24, 2.45) is 0 Å². The van der Waals surface area contributed by atoms with E-state index >= 15 is 0 Å². The van der Waals surface area contributed by atoms with Gasteiger partial charge < -0.3 is 4.74 Å². The molecule has 0 amide bonds. The minimum atomic E-state index is 0.537. The van der Waals surface area contributed by atoms with Gasteiger partial charge in [-0.15, -0.1) is 0 Å². The first-order valence-electron chi connectivity index (χ1n) is 4.59. The molecule has 0 unspecified atom stereocenters. The summed E-state index contributed by atoms with van der Waals surface area (Å²) in [5.74, 6) is 0. The van der Waals surface area contributed by atoms with E-state index in [4.69, 9.17) is 4.74 Å². The third kappa shape index (κ3) is 2.11. The van der Waals surface area contributed by atoms with Gasteiger partial charge in [-0.25, -0.2) is 4.68 Å². The van der Waals surface area contributed by atoms with Crippen LogP contribution in [0.25, 0.3) is 5.69 Å². The molecule has 3 nitrogen and oxygen atoms in total. The second kappa shape index (κ2) is 4.59. The highest BCUT2D eigenvalue weighted by molar-refractivity contribution is 9.10. The molecule has 0 atom stereocenters. The second-order valence-corrected chi connectivity index (χ2v) is 3.97. The van der Waals surface area contributed by atoms with Gasteiger partial charge in [-0.2, -0.15) is 5.10 Å². The average molecular weight is 267 g/mol. The number of rotatable bonds is 3. The number of halogens is 1. The van der Waals surface area contributed by atoms with Crippen LogP contribution in [0.2, 0.25) is 0 Å². The van der Waals surface area contributed by atoms with Gasteiger partial charge in [0, 0.05) is 7.11 Å². The molecule has 1 aromatic carbocycles. The minimum absolute atomic E-state index is 0.537. The Kier molecular flexibility index (Phi) is 3.18. The van der Waals surface area contributed by atoms with Crippen LogP contribution in [-0.4, -0.2) is 16.9 Å². The molecule has 0 radical (unpaired) electrons. The molecule has 2 rings (SSSR count). The van der Waals surface area contributed by atoms with Crippen LogP contribution in [0.15, 0.2) is 41.0 Å². The Balaban J connectivity index is 2.44. The summed E-state index contributed by atoms with van der Waals surface area (Å²) >= 11 is 3.45. The Bertz CT molecular complexity index is 439. The number of para-hydroxylation sites is 1. The zero-order valence-corrected chi connectivity index (χ0v) is 9.94. The molecular weight excluding hydrogens is 256 g/mol. The first-order chi connectivity index (χ1) is 7.33. The smallest absolute Gasteiger partial charge is 0.0897 e. The van der Waals surface area contributed by atoms with Gasteiger partial charge in [0.25, 0.3) is 0 Å². The fourth-order valence-electron chi connectivity index (χ4n) is 1.41. The maximum absolute atomic E-state index is 5.14. The monoisotopic (exact) mass is 266 g/mol. The van der Waals surface area contributed by atoms with E-state index < -0.39 is 0 Å². The highest BCUT2D eigenvalue weighted by atomic mass is 79.9. The molecule has 0 bridgehead atoms. The molecule has 0 saturated carbocycles. The lowest BCUT2D eigenvalue weighted by Gasteiger charge is -2.06. The largest absolute Gasteiger partial charge is 0.378 e. The highest BCUT2D eigenvalue weighted by Crippen LogP contribution is 2.20. The van der Waals surface area contributed by atoms with Crippen LogP contribution in [0.1, 0.15) is 5.69 Å². The maximum atomic E-state index is 5.14. The molecule has 15 heavy (non-hydrogen) atoms. The Morgan fingerprint density at radius 3 is 2.73 bits per heavy atom. The number of hydrogen-bond acceptors (Lipinski definition) is 2. The lowest BCUT2D eigenvalue weighted by atomic mass is 10.3. The van der Waals surface area contributed by atoms with Crippen LogP contribution in [-0.2, 0) is 11.3 Å². The molecule has 1 heterocycles. The SMILES string of the molecule is COCc1c(Br)cnn1-c1ccccc1.